The second-order valence-electron chi connectivity index (χ2n) is 4.67. The van der Waals surface area contributed by atoms with E-state index in [1.807, 2.05) is 6.07 Å². The van der Waals surface area contributed by atoms with Crippen LogP contribution >= 0.6 is 11.8 Å². The SMILES string of the molecule is O=C(O)C1=C(CNC(=O)c2ccccc2)S[C@@H]2CC(=O)N12. The molecular formula is C14H12N2O4S. The van der Waals surface area contributed by atoms with Crippen LogP contribution in [0.15, 0.2) is 40.9 Å². The van der Waals surface area contributed by atoms with Crippen molar-refractivity contribution in [2.24, 2.45) is 0 Å². The highest BCUT2D eigenvalue weighted by molar-refractivity contribution is 8.04. The van der Waals surface area contributed by atoms with Gasteiger partial charge in [0.05, 0.1) is 18.3 Å². The van der Waals surface area contributed by atoms with Crippen molar-refractivity contribution in [1.82, 2.24) is 10.2 Å². The molecule has 0 aromatic heterocycles. The molecular weight excluding hydrogens is 292 g/mol. The van der Waals surface area contributed by atoms with Crippen molar-refractivity contribution in [1.29, 1.82) is 0 Å². The summed E-state index contributed by atoms with van der Waals surface area (Å²) < 4.78 is 0. The minimum Gasteiger partial charge on any atom is -0.477 e. The zero-order valence-corrected chi connectivity index (χ0v) is 11.7. The molecule has 3 rings (SSSR count). The largest absolute Gasteiger partial charge is 0.477 e. The van der Waals surface area contributed by atoms with Crippen LogP contribution in [0.4, 0.5) is 0 Å². The average Bonchev–Trinajstić information content (AvgIpc) is 2.78. The van der Waals surface area contributed by atoms with E-state index in [1.165, 1.54) is 16.7 Å². The van der Waals surface area contributed by atoms with Crippen LogP contribution in [0.3, 0.4) is 0 Å². The predicted molar refractivity (Wildman–Crippen MR) is 76.3 cm³/mol. The number of fused-ring (bicyclic) bond motifs is 1. The number of carboxylic acid groups (broad SMARTS) is 1. The minimum atomic E-state index is -1.14. The van der Waals surface area contributed by atoms with Crippen LogP contribution in [0.5, 0.6) is 0 Å². The number of thioether (sulfide) groups is 1. The molecule has 1 atom stereocenters. The van der Waals surface area contributed by atoms with Crippen LogP contribution < -0.4 is 5.32 Å². The molecule has 0 aliphatic carbocycles. The lowest BCUT2D eigenvalue weighted by molar-refractivity contribution is -0.145. The Morgan fingerprint density at radius 1 is 1.33 bits per heavy atom. The Morgan fingerprint density at radius 3 is 2.67 bits per heavy atom. The molecule has 2 aliphatic rings. The first-order valence-corrected chi connectivity index (χ1v) is 7.24. The van der Waals surface area contributed by atoms with Gasteiger partial charge in [-0.1, -0.05) is 18.2 Å². The molecule has 0 bridgehead atoms. The van der Waals surface area contributed by atoms with Gasteiger partial charge in [-0.05, 0) is 12.1 Å². The number of β-lactam (4-membered cyclic amide) rings is 1. The van der Waals surface area contributed by atoms with Crippen molar-refractivity contribution >= 4 is 29.5 Å². The summed E-state index contributed by atoms with van der Waals surface area (Å²) in [5.74, 6) is -1.59. The highest BCUT2D eigenvalue weighted by atomic mass is 32.2. The van der Waals surface area contributed by atoms with Gasteiger partial charge in [-0.2, -0.15) is 0 Å². The van der Waals surface area contributed by atoms with Crippen LogP contribution in [0.2, 0.25) is 0 Å². The fraction of sp³-hybridized carbons (Fsp3) is 0.214. The van der Waals surface area contributed by atoms with Gasteiger partial charge in [0.2, 0.25) is 5.91 Å². The number of carbonyl (C=O) groups is 3. The Bertz CT molecular complexity index is 656. The first-order valence-electron chi connectivity index (χ1n) is 6.36. The number of rotatable bonds is 4. The van der Waals surface area contributed by atoms with Gasteiger partial charge in [-0.25, -0.2) is 4.79 Å². The molecule has 2 N–H and O–H groups in total. The average molecular weight is 304 g/mol. The van der Waals surface area contributed by atoms with Crippen LogP contribution in [0.1, 0.15) is 16.8 Å². The molecule has 1 aromatic rings. The number of nitrogens with one attached hydrogen (secondary N) is 1. The zero-order chi connectivity index (χ0) is 15.0. The third kappa shape index (κ3) is 2.40. The van der Waals surface area contributed by atoms with Crippen molar-refractivity contribution in [2.75, 3.05) is 6.54 Å². The number of aliphatic carboxylic acids is 1. The standard InChI is InChI=1S/C14H12N2O4S/c17-10-6-11-16(10)12(14(19)20)9(21-11)7-15-13(18)8-4-2-1-3-5-8/h1-5,11H,6-7H2,(H,15,18)(H,19,20)/t11-/m1/s1. The fourth-order valence-electron chi connectivity index (χ4n) is 2.30. The Hall–Kier alpha value is -2.28. The number of nitrogens with zero attached hydrogens (tertiary/aromatic N) is 1. The van der Waals surface area contributed by atoms with Gasteiger partial charge in [0.1, 0.15) is 5.70 Å². The van der Waals surface area contributed by atoms with E-state index in [4.69, 9.17) is 0 Å². The van der Waals surface area contributed by atoms with E-state index in [0.717, 1.165) is 0 Å². The first-order chi connectivity index (χ1) is 10.1. The Morgan fingerprint density at radius 2 is 2.05 bits per heavy atom. The number of carbonyl (C=O) groups excluding carboxylic acids is 2. The maximum absolute atomic E-state index is 11.9. The molecule has 1 fully saturated rings. The van der Waals surface area contributed by atoms with Gasteiger partial charge in [0.25, 0.3) is 5.91 Å². The van der Waals surface area contributed by atoms with E-state index >= 15 is 0 Å². The number of benzene rings is 1. The minimum absolute atomic E-state index is 0.00499. The van der Waals surface area contributed by atoms with Crippen molar-refractivity contribution in [2.45, 2.75) is 11.8 Å². The van der Waals surface area contributed by atoms with Crippen molar-refractivity contribution in [3.63, 3.8) is 0 Å². The molecule has 2 heterocycles. The van der Waals surface area contributed by atoms with Crippen molar-refractivity contribution in [3.8, 4) is 0 Å². The summed E-state index contributed by atoms with van der Waals surface area (Å²) in [5.41, 5.74) is 0.506. The zero-order valence-electron chi connectivity index (χ0n) is 10.9. The Kier molecular flexibility index (Phi) is 3.42. The summed E-state index contributed by atoms with van der Waals surface area (Å²) in [5, 5.41) is 11.8. The summed E-state index contributed by atoms with van der Waals surface area (Å²) in [6.45, 7) is 0.111. The molecule has 0 radical (unpaired) electrons. The third-order valence-electron chi connectivity index (χ3n) is 3.34. The molecule has 7 heteroatoms. The second-order valence-corrected chi connectivity index (χ2v) is 5.94. The Balaban J connectivity index is 1.72. The first kappa shape index (κ1) is 13.7. The van der Waals surface area contributed by atoms with Gasteiger partial charge in [0, 0.05) is 10.5 Å². The molecule has 1 saturated heterocycles. The van der Waals surface area contributed by atoms with Crippen LogP contribution in [-0.2, 0) is 9.59 Å². The summed E-state index contributed by atoms with van der Waals surface area (Å²) in [7, 11) is 0. The lowest BCUT2D eigenvalue weighted by Gasteiger charge is -2.33. The van der Waals surface area contributed by atoms with E-state index in [1.54, 1.807) is 24.3 Å². The fourth-order valence-corrected chi connectivity index (χ4v) is 3.64. The predicted octanol–water partition coefficient (Wildman–Crippen LogP) is 1.02. The number of carboxylic acids is 1. The molecule has 1 aromatic carbocycles. The highest BCUT2D eigenvalue weighted by Gasteiger charge is 2.48. The maximum atomic E-state index is 11.9. The quantitative estimate of drug-likeness (QED) is 0.811. The maximum Gasteiger partial charge on any atom is 0.353 e. The van der Waals surface area contributed by atoms with Gasteiger partial charge >= 0.3 is 5.97 Å². The van der Waals surface area contributed by atoms with Crippen LogP contribution in [0, 0.1) is 0 Å². The van der Waals surface area contributed by atoms with Gasteiger partial charge < -0.3 is 10.4 Å². The van der Waals surface area contributed by atoms with E-state index in [-0.39, 0.29) is 29.4 Å². The van der Waals surface area contributed by atoms with E-state index < -0.39 is 5.97 Å². The third-order valence-corrected chi connectivity index (χ3v) is 4.61. The monoisotopic (exact) mass is 304 g/mol. The van der Waals surface area contributed by atoms with Gasteiger partial charge in [0.15, 0.2) is 0 Å². The molecule has 108 valence electrons. The summed E-state index contributed by atoms with van der Waals surface area (Å²) in [4.78, 5) is 36.5. The lowest BCUT2D eigenvalue weighted by Crippen LogP contribution is -2.48. The molecule has 2 amide bonds. The topological polar surface area (TPSA) is 86.7 Å². The summed E-state index contributed by atoms with van der Waals surface area (Å²) in [6, 6.07) is 8.68. The lowest BCUT2D eigenvalue weighted by atomic mass is 10.1. The highest BCUT2D eigenvalue weighted by Crippen LogP contribution is 2.45. The van der Waals surface area contributed by atoms with Crippen LogP contribution in [0.25, 0.3) is 0 Å². The molecule has 0 spiro atoms. The Labute approximate surface area is 124 Å². The normalized spacial score (nSPS) is 20.1. The van der Waals surface area contributed by atoms with Crippen molar-refractivity contribution in [3.05, 3.63) is 46.5 Å². The molecule has 0 saturated carbocycles. The number of amides is 2. The van der Waals surface area contributed by atoms with Crippen LogP contribution in [-0.4, -0.2) is 39.7 Å². The summed E-state index contributed by atoms with van der Waals surface area (Å²) >= 11 is 1.33. The molecule has 2 aliphatic heterocycles. The number of hydrogen-bond acceptors (Lipinski definition) is 4. The molecule has 6 nitrogen and oxygen atoms in total. The van der Waals surface area contributed by atoms with E-state index in [9.17, 15) is 19.5 Å². The smallest absolute Gasteiger partial charge is 0.353 e. The van der Waals surface area contributed by atoms with Crippen molar-refractivity contribution < 1.29 is 19.5 Å². The van der Waals surface area contributed by atoms with E-state index in [0.29, 0.717) is 16.9 Å². The number of hydrogen-bond donors (Lipinski definition) is 2. The van der Waals surface area contributed by atoms with Gasteiger partial charge in [-0.3, -0.25) is 14.5 Å². The van der Waals surface area contributed by atoms with E-state index in [2.05, 4.69) is 5.32 Å². The molecule has 0 unspecified atom stereocenters. The molecule has 21 heavy (non-hydrogen) atoms. The van der Waals surface area contributed by atoms with Gasteiger partial charge in [-0.15, -0.1) is 11.8 Å². The second kappa shape index (κ2) is 5.25. The summed E-state index contributed by atoms with van der Waals surface area (Å²) in [6.07, 6.45) is 0.345.